The number of methoxy groups -OCH3 is 1. The summed E-state index contributed by atoms with van der Waals surface area (Å²) in [5, 5.41) is 11.9. The third kappa shape index (κ3) is 5.06. The molecule has 7 nitrogen and oxygen atoms in total. The van der Waals surface area contributed by atoms with E-state index in [2.05, 4.69) is 35.6 Å². The molecule has 0 radical (unpaired) electrons. The number of fused-ring (bicyclic) bond motifs is 4. The monoisotopic (exact) mass is 558 g/mol. The van der Waals surface area contributed by atoms with Crippen molar-refractivity contribution in [2.45, 2.75) is 89.2 Å². The molecule has 2 fully saturated rings. The molecule has 218 valence electrons. The molecule has 0 saturated heterocycles. The topological polar surface area (TPSA) is 110 Å². The summed E-state index contributed by atoms with van der Waals surface area (Å²) in [5.74, 6) is 6.60. The number of ether oxygens (including phenoxy) is 1. The fraction of sp³-hybridized carbons (Fsp3) is 0.559. The number of ketones is 1. The Kier molecular flexibility index (Phi) is 8.02. The van der Waals surface area contributed by atoms with Gasteiger partial charge in [-0.05, 0) is 98.6 Å². The van der Waals surface area contributed by atoms with Crippen LogP contribution in [0.3, 0.4) is 0 Å². The summed E-state index contributed by atoms with van der Waals surface area (Å²) in [6, 6.07) is 7.32. The van der Waals surface area contributed by atoms with E-state index in [4.69, 9.17) is 5.73 Å². The SMILES string of the molecule is CC#C[C@]1(O)CCC2C3CCC4=CC(=O)CCC4=C3[C@@H](c3ccc(N(C)C(=O)CC[C@H](N)C(=O)OC)cc3)C[C@@]21C. The highest BCUT2D eigenvalue weighted by molar-refractivity contribution is 5.93. The lowest BCUT2D eigenvalue weighted by atomic mass is 9.51. The van der Waals surface area contributed by atoms with Crippen molar-refractivity contribution in [1.29, 1.82) is 0 Å². The highest BCUT2D eigenvalue weighted by Gasteiger charge is 2.62. The Balaban J connectivity index is 1.47. The normalized spacial score (nSPS) is 31.1. The number of hydrogen-bond acceptors (Lipinski definition) is 6. The Bertz CT molecular complexity index is 1370. The van der Waals surface area contributed by atoms with Crippen molar-refractivity contribution in [2.75, 3.05) is 19.1 Å². The zero-order chi connectivity index (χ0) is 29.5. The second kappa shape index (κ2) is 11.2. The molecule has 7 heteroatoms. The number of hydrogen-bond donors (Lipinski definition) is 2. The van der Waals surface area contributed by atoms with Gasteiger partial charge in [0.25, 0.3) is 0 Å². The molecule has 5 rings (SSSR count). The van der Waals surface area contributed by atoms with Crippen LogP contribution in [-0.2, 0) is 19.1 Å². The third-order valence-corrected chi connectivity index (χ3v) is 10.4. The number of amides is 1. The Morgan fingerprint density at radius 3 is 2.61 bits per heavy atom. The minimum absolute atomic E-state index is 0.101. The van der Waals surface area contributed by atoms with Crippen molar-refractivity contribution in [1.82, 2.24) is 0 Å². The van der Waals surface area contributed by atoms with Crippen molar-refractivity contribution >= 4 is 23.3 Å². The smallest absolute Gasteiger partial charge is 0.322 e. The number of nitrogens with two attached hydrogens (primary N) is 1. The first kappa shape index (κ1) is 29.3. The number of carbonyl (C=O) groups is 3. The lowest BCUT2D eigenvalue weighted by Gasteiger charge is -2.53. The van der Waals surface area contributed by atoms with Crippen LogP contribution in [0.2, 0.25) is 0 Å². The molecule has 2 unspecified atom stereocenters. The van der Waals surface area contributed by atoms with Crippen LogP contribution in [0.1, 0.15) is 83.1 Å². The fourth-order valence-corrected chi connectivity index (χ4v) is 8.17. The van der Waals surface area contributed by atoms with Gasteiger partial charge in [-0.2, -0.15) is 0 Å². The van der Waals surface area contributed by atoms with Crippen molar-refractivity contribution in [2.24, 2.45) is 23.0 Å². The highest BCUT2D eigenvalue weighted by Crippen LogP contribution is 2.66. The Hall–Kier alpha value is -3.21. The molecule has 3 N–H and O–H groups in total. The van der Waals surface area contributed by atoms with Crippen LogP contribution in [0, 0.1) is 29.1 Å². The average Bonchev–Trinajstić information content (AvgIpc) is 3.23. The van der Waals surface area contributed by atoms with Crippen LogP contribution in [0.15, 0.2) is 47.1 Å². The Morgan fingerprint density at radius 2 is 1.93 bits per heavy atom. The second-order valence-corrected chi connectivity index (χ2v) is 12.5. The van der Waals surface area contributed by atoms with Gasteiger partial charge in [0.1, 0.15) is 11.6 Å². The van der Waals surface area contributed by atoms with E-state index in [-0.39, 0.29) is 35.9 Å². The summed E-state index contributed by atoms with van der Waals surface area (Å²) in [7, 11) is 3.01. The Labute approximate surface area is 243 Å². The maximum absolute atomic E-state index is 12.9. The summed E-state index contributed by atoms with van der Waals surface area (Å²) in [6.07, 6.45) is 7.92. The van der Waals surface area contributed by atoms with E-state index in [0.29, 0.717) is 24.7 Å². The molecule has 0 heterocycles. The number of anilines is 1. The molecule has 0 aromatic heterocycles. The maximum Gasteiger partial charge on any atom is 0.322 e. The van der Waals surface area contributed by atoms with Gasteiger partial charge in [0.15, 0.2) is 5.78 Å². The first-order chi connectivity index (χ1) is 19.5. The molecular weight excluding hydrogens is 516 g/mol. The first-order valence-corrected chi connectivity index (χ1v) is 14.9. The molecule has 41 heavy (non-hydrogen) atoms. The highest BCUT2D eigenvalue weighted by atomic mass is 16.5. The van der Waals surface area contributed by atoms with Crippen molar-refractivity contribution in [3.8, 4) is 11.8 Å². The van der Waals surface area contributed by atoms with Crippen LogP contribution < -0.4 is 10.6 Å². The summed E-state index contributed by atoms with van der Waals surface area (Å²) in [6.45, 7) is 4.04. The summed E-state index contributed by atoms with van der Waals surface area (Å²) < 4.78 is 4.66. The van der Waals surface area contributed by atoms with Gasteiger partial charge in [0.2, 0.25) is 5.91 Å². The van der Waals surface area contributed by atoms with Gasteiger partial charge in [0, 0.05) is 36.9 Å². The maximum atomic E-state index is 12.9. The molecule has 0 aliphatic heterocycles. The van der Waals surface area contributed by atoms with E-state index in [9.17, 15) is 19.5 Å². The molecule has 0 spiro atoms. The lowest BCUT2D eigenvalue weighted by Crippen LogP contribution is -2.51. The van der Waals surface area contributed by atoms with Gasteiger partial charge < -0.3 is 20.5 Å². The van der Waals surface area contributed by atoms with Gasteiger partial charge in [-0.1, -0.05) is 30.6 Å². The molecule has 2 saturated carbocycles. The van der Waals surface area contributed by atoms with Crippen LogP contribution >= 0.6 is 0 Å². The van der Waals surface area contributed by atoms with Crippen molar-refractivity contribution < 1.29 is 24.2 Å². The van der Waals surface area contributed by atoms with E-state index in [1.807, 2.05) is 18.2 Å². The molecular formula is C34H42N2O5. The number of aliphatic hydroxyl groups is 1. The van der Waals surface area contributed by atoms with Gasteiger partial charge in [-0.15, -0.1) is 5.92 Å². The van der Waals surface area contributed by atoms with Crippen LogP contribution in [0.5, 0.6) is 0 Å². The number of allylic oxidation sites excluding steroid dienone is 4. The van der Waals surface area contributed by atoms with Gasteiger partial charge in [-0.25, -0.2) is 0 Å². The largest absolute Gasteiger partial charge is 0.468 e. The predicted octanol–water partition coefficient (Wildman–Crippen LogP) is 4.58. The van der Waals surface area contributed by atoms with Crippen LogP contribution in [0.25, 0.3) is 0 Å². The minimum Gasteiger partial charge on any atom is -0.468 e. The van der Waals surface area contributed by atoms with Crippen molar-refractivity contribution in [3.05, 3.63) is 52.6 Å². The average molecular weight is 559 g/mol. The zero-order valence-electron chi connectivity index (χ0n) is 24.7. The number of rotatable bonds is 6. The van der Waals surface area contributed by atoms with E-state index < -0.39 is 17.6 Å². The van der Waals surface area contributed by atoms with Crippen LogP contribution in [-0.4, -0.2) is 48.6 Å². The van der Waals surface area contributed by atoms with Gasteiger partial charge in [0.05, 0.1) is 7.11 Å². The molecule has 0 bridgehead atoms. The second-order valence-electron chi connectivity index (χ2n) is 12.5. The van der Waals surface area contributed by atoms with E-state index in [0.717, 1.165) is 43.4 Å². The summed E-state index contributed by atoms with van der Waals surface area (Å²) in [5.41, 5.74) is 10.4. The predicted molar refractivity (Wildman–Crippen MR) is 158 cm³/mol. The van der Waals surface area contributed by atoms with Crippen molar-refractivity contribution in [3.63, 3.8) is 0 Å². The fourth-order valence-electron chi connectivity index (χ4n) is 8.17. The zero-order valence-corrected chi connectivity index (χ0v) is 24.7. The number of esters is 1. The summed E-state index contributed by atoms with van der Waals surface area (Å²) >= 11 is 0. The first-order valence-electron chi connectivity index (χ1n) is 14.9. The summed E-state index contributed by atoms with van der Waals surface area (Å²) in [4.78, 5) is 38.4. The van der Waals surface area contributed by atoms with E-state index in [1.165, 1.54) is 23.8 Å². The molecule has 6 atom stereocenters. The number of carbonyl (C=O) groups excluding carboxylic acids is 3. The number of nitrogens with zero attached hydrogens (tertiary/aromatic N) is 1. The minimum atomic E-state index is -1.02. The quantitative estimate of drug-likeness (QED) is 0.391. The molecule has 4 aliphatic carbocycles. The van der Waals surface area contributed by atoms with E-state index >= 15 is 0 Å². The van der Waals surface area contributed by atoms with Gasteiger partial charge in [-0.3, -0.25) is 14.4 Å². The molecule has 1 aromatic carbocycles. The molecule has 4 aliphatic rings. The molecule has 1 aromatic rings. The van der Waals surface area contributed by atoms with Gasteiger partial charge >= 0.3 is 5.97 Å². The third-order valence-electron chi connectivity index (χ3n) is 10.4. The molecule has 1 amide bonds. The lowest BCUT2D eigenvalue weighted by molar-refractivity contribution is -0.142. The van der Waals surface area contributed by atoms with E-state index in [1.54, 1.807) is 18.9 Å². The standard InChI is InChI=1S/C34H42N2O5/c1-5-17-34(40)18-16-28-26-12-8-22-19-24(37)11-13-25(22)31(26)27(20-33(28,34)2)21-6-9-23(10-7-21)36(3)30(38)15-14-29(35)32(39)41-4/h6-7,9-10,19,26-29,40H,8,11-16,18,20,35H2,1-4H3/t26?,27-,28?,29+,33+,34+/m1/s1. The van der Waals surface area contributed by atoms with Crippen LogP contribution in [0.4, 0.5) is 5.69 Å². The Morgan fingerprint density at radius 1 is 1.20 bits per heavy atom. The number of benzene rings is 1.